The van der Waals surface area contributed by atoms with Gasteiger partial charge in [-0.05, 0) is 97.3 Å². The summed E-state index contributed by atoms with van der Waals surface area (Å²) >= 11 is 9.40. The molecule has 9 nitrogen and oxygen atoms in total. The first-order chi connectivity index (χ1) is 24.9. The molecule has 3 fully saturated rings. The first kappa shape index (κ1) is 33.3. The van der Waals surface area contributed by atoms with Crippen LogP contribution in [0.25, 0.3) is 20.7 Å². The van der Waals surface area contributed by atoms with Gasteiger partial charge in [0.15, 0.2) is 0 Å². The van der Waals surface area contributed by atoms with E-state index in [4.69, 9.17) is 16.7 Å². The second kappa shape index (κ2) is 11.7. The Bertz CT molecular complexity index is 2410. The van der Waals surface area contributed by atoms with Crippen LogP contribution in [0.4, 0.5) is 5.82 Å². The van der Waals surface area contributed by atoms with E-state index in [0.717, 1.165) is 36.5 Å². The number of halogens is 1. The lowest BCUT2D eigenvalue weighted by atomic mass is 9.51. The lowest BCUT2D eigenvalue weighted by molar-refractivity contribution is -0.141. The number of carbonyl (C=O) groups excluding carboxylic acids is 4. The number of fused-ring (bicyclic) bond motifs is 5. The van der Waals surface area contributed by atoms with Crippen LogP contribution >= 0.6 is 34.3 Å². The number of anilines is 1. The molecule has 0 radical (unpaired) electrons. The van der Waals surface area contributed by atoms with Gasteiger partial charge in [-0.1, -0.05) is 41.4 Å². The van der Waals surface area contributed by atoms with E-state index in [-0.39, 0.29) is 42.3 Å². The molecule has 5 aromatic rings. The third kappa shape index (κ3) is 4.61. The normalized spacial score (nSPS) is 27.0. The van der Waals surface area contributed by atoms with Crippen molar-refractivity contribution in [3.63, 3.8) is 0 Å². The predicted octanol–water partition coefficient (Wildman–Crippen LogP) is 7.77. The highest BCUT2D eigenvalue weighted by molar-refractivity contribution is 7.22. The monoisotopic (exact) mass is 750 g/mol. The highest BCUT2D eigenvalue weighted by atomic mass is 35.5. The van der Waals surface area contributed by atoms with Gasteiger partial charge in [0.05, 0.1) is 34.6 Å². The van der Waals surface area contributed by atoms with Crippen molar-refractivity contribution < 1.29 is 24.3 Å². The molecule has 6 atom stereocenters. The van der Waals surface area contributed by atoms with Crippen LogP contribution in [0.5, 0.6) is 5.75 Å². The summed E-state index contributed by atoms with van der Waals surface area (Å²) in [6, 6.07) is 16.7. The number of benzene rings is 2. The number of allylic oxidation sites excluding steroid dienone is 2. The molecule has 2 saturated heterocycles. The largest absolute Gasteiger partial charge is 0.508 e. The Morgan fingerprint density at radius 3 is 2.56 bits per heavy atom. The summed E-state index contributed by atoms with van der Waals surface area (Å²) in [5.74, 6) is -3.43. The van der Waals surface area contributed by atoms with Gasteiger partial charge < -0.3 is 5.11 Å². The van der Waals surface area contributed by atoms with E-state index in [1.54, 1.807) is 42.1 Å². The molecule has 4 aliphatic rings. The molecule has 1 N–H and O–H groups in total. The number of hydrogen-bond acceptors (Lipinski definition) is 8. The number of nitrogens with zero attached hydrogens (tertiary/aromatic N) is 4. The Hall–Kier alpha value is -4.58. The topological polar surface area (TPSA) is 113 Å². The zero-order valence-electron chi connectivity index (χ0n) is 28.9. The zero-order chi connectivity index (χ0) is 36.4. The van der Waals surface area contributed by atoms with Crippen molar-refractivity contribution in [3.8, 4) is 16.3 Å². The van der Waals surface area contributed by atoms with Crippen LogP contribution in [-0.4, -0.2) is 43.4 Å². The molecular formula is C40H35ClN4O5S2. The van der Waals surface area contributed by atoms with Crippen molar-refractivity contribution in [1.29, 1.82) is 0 Å². The van der Waals surface area contributed by atoms with E-state index in [9.17, 15) is 19.5 Å². The van der Waals surface area contributed by atoms with Gasteiger partial charge in [0, 0.05) is 33.6 Å². The molecule has 0 bridgehead atoms. The summed E-state index contributed by atoms with van der Waals surface area (Å²) in [6.45, 7) is 5.92. The molecule has 2 aromatic carbocycles. The highest BCUT2D eigenvalue weighted by Crippen LogP contribution is 2.64. The summed E-state index contributed by atoms with van der Waals surface area (Å²) in [6.07, 6.45) is 2.71. The molecule has 5 heterocycles. The maximum absolute atomic E-state index is 15.0. The Morgan fingerprint density at radius 1 is 1.00 bits per heavy atom. The van der Waals surface area contributed by atoms with E-state index in [1.807, 2.05) is 61.7 Å². The summed E-state index contributed by atoms with van der Waals surface area (Å²) < 4.78 is 2.65. The van der Waals surface area contributed by atoms with Gasteiger partial charge in [0.25, 0.3) is 0 Å². The van der Waals surface area contributed by atoms with Gasteiger partial charge in [-0.2, -0.15) is 5.10 Å². The number of phenols is 1. The number of aromatic nitrogens is 2. The molecule has 0 spiro atoms. The van der Waals surface area contributed by atoms with Crippen molar-refractivity contribution in [1.82, 2.24) is 14.7 Å². The minimum absolute atomic E-state index is 0.132. The lowest BCUT2D eigenvalue weighted by Crippen LogP contribution is -2.48. The second-order valence-electron chi connectivity index (χ2n) is 14.8. The van der Waals surface area contributed by atoms with Gasteiger partial charge in [0.1, 0.15) is 17.3 Å². The maximum Gasteiger partial charge on any atom is 0.242 e. The van der Waals surface area contributed by atoms with Crippen molar-refractivity contribution in [2.24, 2.45) is 36.1 Å². The number of aryl methyl sites for hydroxylation is 3. The number of carbonyl (C=O) groups is 4. The SMILES string of the molecule is Cc1cc(C2C3=CCC4C(=O)N(Cc5cccs5)C(=O)C4C3CC3C(=O)N(c4cc(-c5sc6ccc(Cl)cc6c5C)nn4C)C(=O)C32C)ccc1O. The molecule has 1 saturated carbocycles. The number of thiophene rings is 2. The second-order valence-corrected chi connectivity index (χ2v) is 17.3. The average molecular weight is 751 g/mol. The fourth-order valence-electron chi connectivity index (χ4n) is 9.47. The Morgan fingerprint density at radius 2 is 1.81 bits per heavy atom. The first-order valence-corrected chi connectivity index (χ1v) is 19.4. The van der Waals surface area contributed by atoms with Gasteiger partial charge >= 0.3 is 0 Å². The molecule has 4 amide bonds. The minimum atomic E-state index is -1.20. The van der Waals surface area contributed by atoms with Gasteiger partial charge in [-0.3, -0.25) is 28.8 Å². The molecule has 52 heavy (non-hydrogen) atoms. The van der Waals surface area contributed by atoms with Gasteiger partial charge in [0.2, 0.25) is 23.6 Å². The number of phenolic OH excluding ortho intramolecular Hbond substituents is 1. The Balaban J connectivity index is 1.14. The maximum atomic E-state index is 15.0. The van der Waals surface area contributed by atoms with Crippen molar-refractivity contribution in [3.05, 3.63) is 98.2 Å². The molecule has 6 unspecified atom stereocenters. The number of imide groups is 2. The fraction of sp³-hybridized carbons (Fsp3) is 0.325. The zero-order valence-corrected chi connectivity index (χ0v) is 31.3. The number of amides is 4. The summed E-state index contributed by atoms with van der Waals surface area (Å²) in [4.78, 5) is 62.4. The molecular weight excluding hydrogens is 716 g/mol. The fourth-order valence-corrected chi connectivity index (χ4v) is 11.5. The lowest BCUT2D eigenvalue weighted by Gasteiger charge is -2.49. The van der Waals surface area contributed by atoms with Crippen LogP contribution in [0.3, 0.4) is 0 Å². The van der Waals surface area contributed by atoms with Crippen LogP contribution in [0.1, 0.15) is 47.3 Å². The van der Waals surface area contributed by atoms with E-state index in [2.05, 4.69) is 6.08 Å². The molecule has 2 aliphatic carbocycles. The summed E-state index contributed by atoms with van der Waals surface area (Å²) in [5.41, 5.74) is 2.82. The van der Waals surface area contributed by atoms with Crippen molar-refractivity contribution in [2.75, 3.05) is 4.90 Å². The van der Waals surface area contributed by atoms with Crippen LogP contribution in [0.15, 0.2) is 71.6 Å². The third-order valence-electron chi connectivity index (χ3n) is 12.0. The van der Waals surface area contributed by atoms with Crippen LogP contribution < -0.4 is 4.90 Å². The van der Waals surface area contributed by atoms with Crippen LogP contribution in [-0.2, 0) is 32.8 Å². The predicted molar refractivity (Wildman–Crippen MR) is 201 cm³/mol. The van der Waals surface area contributed by atoms with Crippen molar-refractivity contribution in [2.45, 2.75) is 46.1 Å². The Labute approximate surface area is 313 Å². The highest BCUT2D eigenvalue weighted by Gasteiger charge is 2.68. The molecule has 2 aliphatic heterocycles. The van der Waals surface area contributed by atoms with Gasteiger partial charge in [-0.25, -0.2) is 4.90 Å². The van der Waals surface area contributed by atoms with Crippen LogP contribution in [0.2, 0.25) is 5.02 Å². The number of aromatic hydroxyl groups is 1. The smallest absolute Gasteiger partial charge is 0.242 e. The van der Waals surface area contributed by atoms with Crippen molar-refractivity contribution >= 4 is 73.8 Å². The number of likely N-dealkylation sites (tertiary alicyclic amines) is 1. The van der Waals surface area contributed by atoms with E-state index >= 15 is 4.79 Å². The number of hydrogen-bond donors (Lipinski definition) is 1. The molecule has 9 rings (SSSR count). The van der Waals surface area contributed by atoms with E-state index < -0.39 is 35.0 Å². The standard InChI is InChI=1S/C40H35ClN4O5S2/c1-19-14-21(7-11-30(19)46)34-24-9-10-25-33(38(49)44(36(25)47)18-23-6-5-13-51-23)27(24)16-28-37(48)45(39(50)40(28,34)3)32-17-29(42-43(32)4)35-20(2)26-15-22(41)8-12-31(26)52-35/h5-9,11-15,17,25,27-28,33-34,46H,10,16,18H2,1-4H3. The van der Waals surface area contributed by atoms with Crippen LogP contribution in [0, 0.1) is 42.9 Å². The summed E-state index contributed by atoms with van der Waals surface area (Å²) in [7, 11) is 1.74. The molecule has 12 heteroatoms. The first-order valence-electron chi connectivity index (χ1n) is 17.4. The van der Waals surface area contributed by atoms with E-state index in [0.29, 0.717) is 28.5 Å². The Kier molecular flexibility index (Phi) is 7.49. The van der Waals surface area contributed by atoms with Gasteiger partial charge in [-0.15, -0.1) is 22.7 Å². The summed E-state index contributed by atoms with van der Waals surface area (Å²) in [5, 5.41) is 18.9. The molecule has 264 valence electrons. The minimum Gasteiger partial charge on any atom is -0.508 e. The number of rotatable bonds is 5. The van der Waals surface area contributed by atoms with E-state index in [1.165, 1.54) is 21.1 Å². The average Bonchev–Trinajstić information content (AvgIpc) is 3.92. The quantitative estimate of drug-likeness (QED) is 0.145. The third-order valence-corrected chi connectivity index (χ3v) is 14.4. The molecule has 3 aromatic heterocycles.